The molecular weight excluding hydrogens is 380 g/mol. The van der Waals surface area contributed by atoms with Gasteiger partial charge in [0.15, 0.2) is 0 Å². The molecule has 152 valence electrons. The van der Waals surface area contributed by atoms with Crippen LogP contribution in [0.3, 0.4) is 0 Å². The number of pyridine rings is 1. The van der Waals surface area contributed by atoms with E-state index < -0.39 is 18.1 Å². The smallest absolute Gasteiger partial charge is 0.407 e. The maximum Gasteiger partial charge on any atom is 0.407 e. The molecule has 0 unspecified atom stereocenters. The molecule has 3 aromatic rings. The number of hydrogen-bond acceptors (Lipinski definition) is 4. The van der Waals surface area contributed by atoms with Crippen LogP contribution in [0.1, 0.15) is 28.2 Å². The van der Waals surface area contributed by atoms with Crippen LogP contribution in [0, 0.1) is 6.92 Å². The third-order valence-corrected chi connectivity index (χ3v) is 5.49. The molecular formula is C24H22N2O4. The van der Waals surface area contributed by atoms with Crippen LogP contribution in [0.2, 0.25) is 0 Å². The number of nitrogens with zero attached hydrogens (tertiary/aromatic N) is 1. The number of nitrogens with one attached hydrogen (secondary N) is 1. The van der Waals surface area contributed by atoms with E-state index in [1.165, 1.54) is 0 Å². The molecule has 0 saturated carbocycles. The minimum absolute atomic E-state index is 0.0751. The van der Waals surface area contributed by atoms with E-state index in [4.69, 9.17) is 4.74 Å². The van der Waals surface area contributed by atoms with Gasteiger partial charge < -0.3 is 15.2 Å². The van der Waals surface area contributed by atoms with Crippen LogP contribution in [-0.4, -0.2) is 34.8 Å². The number of carbonyl (C=O) groups is 2. The zero-order valence-electron chi connectivity index (χ0n) is 16.5. The first-order valence-electron chi connectivity index (χ1n) is 9.78. The van der Waals surface area contributed by atoms with Crippen LogP contribution < -0.4 is 5.32 Å². The summed E-state index contributed by atoms with van der Waals surface area (Å²) in [6.45, 7) is 2.00. The molecule has 1 aliphatic rings. The topological polar surface area (TPSA) is 88.5 Å². The Balaban J connectivity index is 1.44. The Morgan fingerprint density at radius 2 is 1.70 bits per heavy atom. The number of alkyl carbamates (subject to hydrolysis) is 1. The van der Waals surface area contributed by atoms with E-state index in [1.54, 1.807) is 18.5 Å². The van der Waals surface area contributed by atoms with Crippen molar-refractivity contribution in [3.8, 4) is 11.1 Å². The fraction of sp³-hybridized carbons (Fsp3) is 0.208. The van der Waals surface area contributed by atoms with Gasteiger partial charge in [0.05, 0.1) is 0 Å². The number of aryl methyl sites for hydroxylation is 1. The fourth-order valence-electron chi connectivity index (χ4n) is 3.93. The van der Waals surface area contributed by atoms with E-state index in [0.29, 0.717) is 0 Å². The fourth-order valence-corrected chi connectivity index (χ4v) is 3.93. The quantitative estimate of drug-likeness (QED) is 0.652. The lowest BCUT2D eigenvalue weighted by atomic mass is 9.98. The SMILES string of the molecule is Cc1cnccc1C[C@H](NC(=O)OCC1c2ccccc2-c2ccccc21)C(=O)O. The standard InChI is InChI=1S/C24H22N2O4/c1-15-13-25-11-10-16(15)12-22(23(27)28)26-24(29)30-14-21-19-8-4-2-6-17(19)18-7-3-5-9-20(18)21/h2-11,13,21-22H,12,14H2,1H3,(H,26,29)(H,27,28)/t22-/m0/s1. The largest absolute Gasteiger partial charge is 0.480 e. The van der Waals surface area contributed by atoms with Crippen LogP contribution in [0.4, 0.5) is 4.79 Å². The van der Waals surface area contributed by atoms with Gasteiger partial charge in [-0.1, -0.05) is 48.5 Å². The van der Waals surface area contributed by atoms with Gasteiger partial charge in [0.25, 0.3) is 0 Å². The lowest BCUT2D eigenvalue weighted by Gasteiger charge is -2.18. The Morgan fingerprint density at radius 3 is 2.30 bits per heavy atom. The van der Waals surface area contributed by atoms with Crippen molar-refractivity contribution in [3.05, 3.63) is 89.2 Å². The molecule has 6 nitrogen and oxygen atoms in total. The summed E-state index contributed by atoms with van der Waals surface area (Å²) in [6.07, 6.45) is 2.69. The summed E-state index contributed by atoms with van der Waals surface area (Å²) in [5.41, 5.74) is 6.18. The summed E-state index contributed by atoms with van der Waals surface area (Å²) in [6, 6.07) is 16.8. The number of aliphatic carboxylic acids is 1. The number of carbonyl (C=O) groups excluding carboxylic acids is 1. The average Bonchev–Trinajstić information content (AvgIpc) is 3.07. The van der Waals surface area contributed by atoms with Gasteiger partial charge in [-0.05, 0) is 46.4 Å². The molecule has 6 heteroatoms. The van der Waals surface area contributed by atoms with Gasteiger partial charge in [-0.2, -0.15) is 0 Å². The second-order valence-electron chi connectivity index (χ2n) is 7.37. The summed E-state index contributed by atoms with van der Waals surface area (Å²) in [7, 11) is 0. The van der Waals surface area contributed by atoms with Gasteiger partial charge in [0.2, 0.25) is 0 Å². The predicted octanol–water partition coefficient (Wildman–Crippen LogP) is 3.92. The van der Waals surface area contributed by atoms with Gasteiger partial charge in [0.1, 0.15) is 12.6 Å². The first-order chi connectivity index (χ1) is 14.5. The zero-order chi connectivity index (χ0) is 21.1. The molecule has 0 radical (unpaired) electrons. The molecule has 0 bridgehead atoms. The number of rotatable bonds is 6. The third-order valence-electron chi connectivity index (χ3n) is 5.49. The number of carboxylic acid groups (broad SMARTS) is 1. The molecule has 0 aliphatic heterocycles. The number of amides is 1. The first kappa shape index (κ1) is 19.6. The highest BCUT2D eigenvalue weighted by Gasteiger charge is 2.29. The summed E-state index contributed by atoms with van der Waals surface area (Å²) < 4.78 is 5.46. The van der Waals surface area contributed by atoms with Crippen molar-refractivity contribution in [3.63, 3.8) is 0 Å². The molecule has 0 saturated heterocycles. The zero-order valence-corrected chi connectivity index (χ0v) is 16.5. The van der Waals surface area contributed by atoms with Crippen LogP contribution in [0.5, 0.6) is 0 Å². The van der Waals surface area contributed by atoms with Crippen molar-refractivity contribution >= 4 is 12.1 Å². The Morgan fingerprint density at radius 1 is 1.07 bits per heavy atom. The number of fused-ring (bicyclic) bond motifs is 3. The molecule has 1 aromatic heterocycles. The molecule has 30 heavy (non-hydrogen) atoms. The highest BCUT2D eigenvalue weighted by molar-refractivity contribution is 5.81. The maximum absolute atomic E-state index is 12.4. The molecule has 2 N–H and O–H groups in total. The summed E-state index contributed by atoms with van der Waals surface area (Å²) in [5, 5.41) is 12.0. The summed E-state index contributed by atoms with van der Waals surface area (Å²) in [5.74, 6) is -1.19. The summed E-state index contributed by atoms with van der Waals surface area (Å²) in [4.78, 5) is 28.1. The molecule has 0 spiro atoms. The van der Waals surface area contributed by atoms with Crippen LogP contribution in [0.15, 0.2) is 67.0 Å². The first-order valence-corrected chi connectivity index (χ1v) is 9.78. The number of carboxylic acids is 1. The Labute approximate surface area is 174 Å². The number of aromatic nitrogens is 1. The molecule has 0 fully saturated rings. The minimum atomic E-state index is -1.11. The molecule has 4 rings (SSSR count). The number of benzene rings is 2. The van der Waals surface area contributed by atoms with Crippen molar-refractivity contribution in [2.45, 2.75) is 25.3 Å². The van der Waals surface area contributed by atoms with E-state index >= 15 is 0 Å². The van der Waals surface area contributed by atoms with Crippen molar-refractivity contribution in [2.75, 3.05) is 6.61 Å². The van der Waals surface area contributed by atoms with Gasteiger partial charge in [-0.25, -0.2) is 9.59 Å². The third kappa shape index (κ3) is 3.89. The second-order valence-corrected chi connectivity index (χ2v) is 7.37. The van der Waals surface area contributed by atoms with E-state index in [1.807, 2.05) is 43.3 Å². The Kier molecular flexibility index (Phi) is 5.48. The van der Waals surface area contributed by atoms with Gasteiger partial charge in [0, 0.05) is 24.7 Å². The van der Waals surface area contributed by atoms with Gasteiger partial charge in [-0.15, -0.1) is 0 Å². The highest BCUT2D eigenvalue weighted by Crippen LogP contribution is 2.44. The Bertz CT molecular complexity index is 1050. The van der Waals surface area contributed by atoms with Gasteiger partial charge >= 0.3 is 12.1 Å². The molecule has 2 aromatic carbocycles. The second kappa shape index (κ2) is 8.37. The highest BCUT2D eigenvalue weighted by atomic mass is 16.5. The molecule has 1 amide bonds. The van der Waals surface area contributed by atoms with E-state index in [9.17, 15) is 14.7 Å². The van der Waals surface area contributed by atoms with Crippen molar-refractivity contribution in [1.29, 1.82) is 0 Å². The molecule has 1 aliphatic carbocycles. The van der Waals surface area contributed by atoms with Crippen molar-refractivity contribution in [2.24, 2.45) is 0 Å². The lowest BCUT2D eigenvalue weighted by molar-refractivity contribution is -0.139. The van der Waals surface area contributed by atoms with Gasteiger partial charge in [-0.3, -0.25) is 4.98 Å². The van der Waals surface area contributed by atoms with E-state index in [2.05, 4.69) is 22.4 Å². The average molecular weight is 402 g/mol. The van der Waals surface area contributed by atoms with E-state index in [0.717, 1.165) is 33.4 Å². The minimum Gasteiger partial charge on any atom is -0.480 e. The normalized spacial score (nSPS) is 13.2. The maximum atomic E-state index is 12.4. The van der Waals surface area contributed by atoms with Crippen molar-refractivity contribution in [1.82, 2.24) is 10.3 Å². The van der Waals surface area contributed by atoms with Crippen LogP contribution in [-0.2, 0) is 16.0 Å². The van der Waals surface area contributed by atoms with E-state index in [-0.39, 0.29) is 18.9 Å². The lowest BCUT2D eigenvalue weighted by Crippen LogP contribution is -2.43. The van der Waals surface area contributed by atoms with Crippen molar-refractivity contribution < 1.29 is 19.4 Å². The monoisotopic (exact) mass is 402 g/mol. The summed E-state index contributed by atoms with van der Waals surface area (Å²) >= 11 is 0. The van der Waals surface area contributed by atoms with Crippen LogP contribution in [0.25, 0.3) is 11.1 Å². The molecule has 1 atom stereocenters. The number of ether oxygens (including phenoxy) is 1. The predicted molar refractivity (Wildman–Crippen MR) is 112 cm³/mol. The Hall–Kier alpha value is -3.67. The number of hydrogen-bond donors (Lipinski definition) is 2. The van der Waals surface area contributed by atoms with Crippen LogP contribution >= 0.6 is 0 Å². The molecule has 1 heterocycles.